The second kappa shape index (κ2) is 7.12. The molecular weight excluding hydrogens is 350 g/mol. The maximum absolute atomic E-state index is 12.1. The van der Waals surface area contributed by atoms with Crippen LogP contribution in [0.2, 0.25) is 5.02 Å². The van der Waals surface area contributed by atoms with Crippen LogP contribution < -0.4 is 4.72 Å². The number of halogens is 1. The van der Waals surface area contributed by atoms with Crippen LogP contribution in [0, 0.1) is 0 Å². The van der Waals surface area contributed by atoms with E-state index in [1.807, 2.05) is 30.3 Å². The summed E-state index contributed by atoms with van der Waals surface area (Å²) in [6.45, 7) is -0.0768. The minimum Gasteiger partial charge on any atom is -0.419 e. The second-order valence-electron chi connectivity index (χ2n) is 5.04. The van der Waals surface area contributed by atoms with E-state index in [0.717, 1.165) is 5.56 Å². The minimum atomic E-state index is -3.57. The fourth-order valence-electron chi connectivity index (χ4n) is 2.07. The van der Waals surface area contributed by atoms with E-state index in [1.165, 1.54) is 0 Å². The molecule has 0 fully saturated rings. The van der Waals surface area contributed by atoms with Crippen molar-refractivity contribution in [1.29, 1.82) is 0 Å². The van der Waals surface area contributed by atoms with Crippen molar-refractivity contribution in [2.75, 3.05) is 0 Å². The van der Waals surface area contributed by atoms with Gasteiger partial charge in [-0.15, -0.1) is 10.2 Å². The van der Waals surface area contributed by atoms with Crippen molar-refractivity contribution in [2.24, 2.45) is 0 Å². The van der Waals surface area contributed by atoms with Gasteiger partial charge in [0.05, 0.1) is 12.3 Å². The third kappa shape index (κ3) is 4.19. The predicted molar refractivity (Wildman–Crippen MR) is 90.6 cm³/mol. The van der Waals surface area contributed by atoms with Crippen molar-refractivity contribution in [1.82, 2.24) is 14.9 Å². The number of sulfonamides is 1. The SMILES string of the molecule is O=S(=O)(Cc1ccccc1Cl)NCc1nnc(-c2ccccc2)o1. The van der Waals surface area contributed by atoms with Crippen molar-refractivity contribution < 1.29 is 12.8 Å². The number of rotatable bonds is 6. The largest absolute Gasteiger partial charge is 0.419 e. The zero-order valence-corrected chi connectivity index (χ0v) is 14.1. The molecule has 6 nitrogen and oxygen atoms in total. The first kappa shape index (κ1) is 16.6. The summed E-state index contributed by atoms with van der Waals surface area (Å²) in [4.78, 5) is 0. The summed E-state index contributed by atoms with van der Waals surface area (Å²) < 4.78 is 32.2. The van der Waals surface area contributed by atoms with Gasteiger partial charge in [-0.3, -0.25) is 0 Å². The van der Waals surface area contributed by atoms with E-state index >= 15 is 0 Å². The minimum absolute atomic E-state index is 0.0768. The van der Waals surface area contributed by atoms with Gasteiger partial charge in [-0.05, 0) is 23.8 Å². The van der Waals surface area contributed by atoms with Crippen LogP contribution in [0.25, 0.3) is 11.5 Å². The first-order valence-electron chi connectivity index (χ1n) is 7.12. The average Bonchev–Trinajstić information content (AvgIpc) is 3.05. The molecule has 0 aliphatic carbocycles. The summed E-state index contributed by atoms with van der Waals surface area (Å²) in [5.41, 5.74) is 1.30. The van der Waals surface area contributed by atoms with E-state index in [1.54, 1.807) is 24.3 Å². The molecule has 1 N–H and O–H groups in total. The summed E-state index contributed by atoms with van der Waals surface area (Å²) in [7, 11) is -3.57. The van der Waals surface area contributed by atoms with Gasteiger partial charge in [0.1, 0.15) is 0 Å². The summed E-state index contributed by atoms with van der Waals surface area (Å²) in [5, 5.41) is 8.17. The van der Waals surface area contributed by atoms with Crippen LogP contribution in [0.1, 0.15) is 11.5 Å². The van der Waals surface area contributed by atoms with Crippen LogP contribution in [0.4, 0.5) is 0 Å². The zero-order valence-electron chi connectivity index (χ0n) is 12.5. The van der Waals surface area contributed by atoms with E-state index in [0.29, 0.717) is 16.5 Å². The lowest BCUT2D eigenvalue weighted by Crippen LogP contribution is -2.25. The Kier molecular flexibility index (Phi) is 4.94. The third-order valence-electron chi connectivity index (χ3n) is 3.23. The van der Waals surface area contributed by atoms with Crippen molar-refractivity contribution in [3.8, 4) is 11.5 Å². The van der Waals surface area contributed by atoms with Crippen LogP contribution in [-0.2, 0) is 22.3 Å². The monoisotopic (exact) mass is 363 g/mol. The zero-order chi connectivity index (χ0) is 17.0. The van der Waals surface area contributed by atoms with Crippen LogP contribution in [0.3, 0.4) is 0 Å². The fourth-order valence-corrected chi connectivity index (χ4v) is 3.45. The van der Waals surface area contributed by atoms with Gasteiger partial charge in [-0.1, -0.05) is 48.0 Å². The molecule has 0 unspecified atom stereocenters. The van der Waals surface area contributed by atoms with Gasteiger partial charge in [0.2, 0.25) is 21.8 Å². The Bertz CT molecular complexity index is 927. The van der Waals surface area contributed by atoms with Gasteiger partial charge in [-0.25, -0.2) is 13.1 Å². The van der Waals surface area contributed by atoms with Crippen molar-refractivity contribution >= 4 is 21.6 Å². The van der Waals surface area contributed by atoms with E-state index in [2.05, 4.69) is 14.9 Å². The van der Waals surface area contributed by atoms with Gasteiger partial charge in [0.25, 0.3) is 0 Å². The third-order valence-corrected chi connectivity index (χ3v) is 4.88. The molecular formula is C16H14ClN3O3S. The molecule has 8 heteroatoms. The number of nitrogens with zero attached hydrogens (tertiary/aromatic N) is 2. The summed E-state index contributed by atoms with van der Waals surface area (Å²) in [5.74, 6) is 0.319. The number of hydrogen-bond acceptors (Lipinski definition) is 5. The van der Waals surface area contributed by atoms with Crippen LogP contribution in [0.15, 0.2) is 59.0 Å². The van der Waals surface area contributed by atoms with Crippen molar-refractivity contribution in [3.63, 3.8) is 0 Å². The summed E-state index contributed by atoms with van der Waals surface area (Å²) >= 11 is 5.99. The second-order valence-corrected chi connectivity index (χ2v) is 7.25. The van der Waals surface area contributed by atoms with E-state index in [4.69, 9.17) is 16.0 Å². The fraction of sp³-hybridized carbons (Fsp3) is 0.125. The van der Waals surface area contributed by atoms with Gasteiger partial charge >= 0.3 is 0 Å². The Morgan fingerprint density at radius 3 is 2.46 bits per heavy atom. The Morgan fingerprint density at radius 1 is 1.00 bits per heavy atom. The molecule has 0 saturated carbocycles. The van der Waals surface area contributed by atoms with Crippen LogP contribution in [0.5, 0.6) is 0 Å². The molecule has 0 spiro atoms. The van der Waals surface area contributed by atoms with Gasteiger partial charge in [-0.2, -0.15) is 0 Å². The van der Waals surface area contributed by atoms with Crippen molar-refractivity contribution in [3.05, 3.63) is 71.1 Å². The summed E-state index contributed by atoms with van der Waals surface area (Å²) in [6.07, 6.45) is 0. The normalized spacial score (nSPS) is 11.5. The van der Waals surface area contributed by atoms with Gasteiger partial charge in [0.15, 0.2) is 0 Å². The molecule has 24 heavy (non-hydrogen) atoms. The van der Waals surface area contributed by atoms with E-state index in [9.17, 15) is 8.42 Å². The Labute approximate surface area is 144 Å². The molecule has 124 valence electrons. The maximum atomic E-state index is 12.1. The molecule has 0 radical (unpaired) electrons. The lowest BCUT2D eigenvalue weighted by atomic mass is 10.2. The number of aromatic nitrogens is 2. The molecule has 0 atom stereocenters. The van der Waals surface area contributed by atoms with E-state index in [-0.39, 0.29) is 18.2 Å². The average molecular weight is 364 g/mol. The predicted octanol–water partition coefficient (Wildman–Crippen LogP) is 3.01. The van der Waals surface area contributed by atoms with Crippen LogP contribution in [-0.4, -0.2) is 18.6 Å². The summed E-state index contributed by atoms with van der Waals surface area (Å²) in [6, 6.07) is 16.0. The lowest BCUT2D eigenvalue weighted by Gasteiger charge is -2.06. The smallest absolute Gasteiger partial charge is 0.247 e. The molecule has 0 aliphatic rings. The van der Waals surface area contributed by atoms with Gasteiger partial charge < -0.3 is 4.42 Å². The lowest BCUT2D eigenvalue weighted by molar-refractivity contribution is 0.494. The number of hydrogen-bond donors (Lipinski definition) is 1. The molecule has 0 aliphatic heterocycles. The molecule has 2 aromatic carbocycles. The first-order valence-corrected chi connectivity index (χ1v) is 9.15. The highest BCUT2D eigenvalue weighted by Crippen LogP contribution is 2.18. The quantitative estimate of drug-likeness (QED) is 0.727. The Morgan fingerprint density at radius 2 is 1.71 bits per heavy atom. The standard InChI is InChI=1S/C16H14ClN3O3S/c17-14-9-5-4-8-13(14)11-24(21,22)18-10-15-19-20-16(23-15)12-6-2-1-3-7-12/h1-9,18H,10-11H2. The van der Waals surface area contributed by atoms with Gasteiger partial charge in [0, 0.05) is 10.6 Å². The van der Waals surface area contributed by atoms with Crippen LogP contribution >= 0.6 is 11.6 Å². The highest BCUT2D eigenvalue weighted by atomic mass is 35.5. The van der Waals surface area contributed by atoms with E-state index < -0.39 is 10.0 Å². The molecule has 0 bridgehead atoms. The highest BCUT2D eigenvalue weighted by Gasteiger charge is 2.16. The van der Waals surface area contributed by atoms with Crippen molar-refractivity contribution in [2.45, 2.75) is 12.3 Å². The molecule has 0 saturated heterocycles. The topological polar surface area (TPSA) is 85.1 Å². The number of benzene rings is 2. The Hall–Kier alpha value is -2.22. The first-order chi connectivity index (χ1) is 11.5. The molecule has 3 aromatic rings. The molecule has 3 rings (SSSR count). The highest BCUT2D eigenvalue weighted by molar-refractivity contribution is 7.88. The molecule has 1 heterocycles. The Balaban J connectivity index is 1.65. The molecule has 1 aromatic heterocycles. The number of nitrogens with one attached hydrogen (secondary N) is 1. The maximum Gasteiger partial charge on any atom is 0.247 e. The molecule has 0 amide bonds.